The maximum Gasteiger partial charge on any atom is 0.242 e. The van der Waals surface area contributed by atoms with E-state index in [0.717, 1.165) is 15.0 Å². The number of amides is 2. The largest absolute Gasteiger partial charge is 0.389 e. The summed E-state index contributed by atoms with van der Waals surface area (Å²) in [5.74, 6) is -0.735. The first-order chi connectivity index (χ1) is 18.4. The highest BCUT2D eigenvalue weighted by molar-refractivity contribution is 7.89. The maximum absolute atomic E-state index is 12.8. The third-order valence-electron chi connectivity index (χ3n) is 5.77. The number of halogens is 2. The van der Waals surface area contributed by atoms with Gasteiger partial charge in [-0.25, -0.2) is 13.1 Å². The number of aliphatic hydroxyl groups is 2. The molecule has 3 aromatic rings. The van der Waals surface area contributed by atoms with Crippen LogP contribution in [0.3, 0.4) is 0 Å². The normalized spacial score (nSPS) is 14.2. The molecule has 0 fully saturated rings. The van der Waals surface area contributed by atoms with Gasteiger partial charge in [-0.2, -0.15) is 0 Å². The molecular formula is C26H31Cl2N3O6S2. The van der Waals surface area contributed by atoms with Gasteiger partial charge in [0.15, 0.2) is 0 Å². The highest BCUT2D eigenvalue weighted by Gasteiger charge is 2.26. The molecule has 0 aliphatic carbocycles. The summed E-state index contributed by atoms with van der Waals surface area (Å²) in [4.78, 5) is 26.2. The minimum atomic E-state index is -4.09. The third kappa shape index (κ3) is 9.14. The van der Waals surface area contributed by atoms with E-state index in [9.17, 15) is 28.2 Å². The molecule has 13 heteroatoms. The number of rotatable bonds is 13. The first-order valence-corrected chi connectivity index (χ1v) is 15.3. The lowest BCUT2D eigenvalue weighted by Gasteiger charge is -2.23. The molecule has 0 bridgehead atoms. The minimum Gasteiger partial charge on any atom is -0.389 e. The van der Waals surface area contributed by atoms with Crippen LogP contribution in [0.5, 0.6) is 0 Å². The highest BCUT2D eigenvalue weighted by Crippen LogP contribution is 2.26. The minimum absolute atomic E-state index is 0.0926. The maximum atomic E-state index is 12.8. The van der Waals surface area contributed by atoms with E-state index in [0.29, 0.717) is 6.42 Å². The zero-order valence-electron chi connectivity index (χ0n) is 21.4. The monoisotopic (exact) mass is 615 g/mol. The Hall–Kier alpha value is -2.25. The van der Waals surface area contributed by atoms with Crippen molar-refractivity contribution in [3.63, 3.8) is 0 Å². The first-order valence-electron chi connectivity index (χ1n) is 12.2. The van der Waals surface area contributed by atoms with Gasteiger partial charge in [-0.15, -0.1) is 11.3 Å². The number of benzene rings is 2. The number of nitrogens with one attached hydrogen (secondary N) is 3. The molecule has 0 saturated carbocycles. The van der Waals surface area contributed by atoms with E-state index in [1.54, 1.807) is 0 Å². The van der Waals surface area contributed by atoms with Crippen molar-refractivity contribution in [3.8, 4) is 0 Å². The Kier molecular flexibility index (Phi) is 11.1. The number of carbonyl (C=O) groups excluding carboxylic acids is 2. The predicted molar refractivity (Wildman–Crippen MR) is 154 cm³/mol. The zero-order valence-corrected chi connectivity index (χ0v) is 24.5. The molecule has 212 valence electrons. The topological polar surface area (TPSA) is 145 Å². The summed E-state index contributed by atoms with van der Waals surface area (Å²) < 4.78 is 28.2. The van der Waals surface area contributed by atoms with Crippen LogP contribution in [0, 0.1) is 5.92 Å². The molecular weight excluding hydrogens is 585 g/mol. The molecule has 0 spiro atoms. The molecule has 5 N–H and O–H groups in total. The SMILES string of the molecule is CC(C)C[C@H](NC(=O)Cc1cc2ccccc2s1)C(=O)NC[C@@H](O)[C@H](O)CNS(=O)(=O)c1ccc(Cl)cc1Cl. The molecule has 1 aromatic heterocycles. The molecule has 0 aliphatic heterocycles. The summed E-state index contributed by atoms with van der Waals surface area (Å²) in [6, 6.07) is 12.8. The lowest BCUT2D eigenvalue weighted by Crippen LogP contribution is -2.51. The van der Waals surface area contributed by atoms with Crippen LogP contribution in [0.1, 0.15) is 25.1 Å². The molecule has 2 aromatic carbocycles. The van der Waals surface area contributed by atoms with Gasteiger partial charge >= 0.3 is 0 Å². The molecule has 0 saturated heterocycles. The van der Waals surface area contributed by atoms with Gasteiger partial charge in [0.1, 0.15) is 10.9 Å². The van der Waals surface area contributed by atoms with E-state index in [4.69, 9.17) is 23.2 Å². The summed E-state index contributed by atoms with van der Waals surface area (Å²) in [7, 11) is -4.09. The standard InChI is InChI=1S/C26H31Cl2N3O6S2/c1-15(2)9-20(31-25(34)12-18-10-16-5-3-4-6-23(16)38-18)26(35)29-13-21(32)22(33)14-30-39(36,37)24-8-7-17(27)11-19(24)28/h3-8,10-11,15,20-22,30,32-33H,9,12-14H2,1-2H3,(H,29,35)(H,31,34)/t20-,21+,22+/m0/s1. The lowest BCUT2D eigenvalue weighted by atomic mass is 10.0. The summed E-state index contributed by atoms with van der Waals surface area (Å²) in [6.45, 7) is 2.94. The predicted octanol–water partition coefficient (Wildman–Crippen LogP) is 3.10. The van der Waals surface area contributed by atoms with Crippen LogP contribution in [0.15, 0.2) is 53.4 Å². The molecule has 39 heavy (non-hydrogen) atoms. The second kappa shape index (κ2) is 13.9. The van der Waals surface area contributed by atoms with Crippen LogP contribution >= 0.6 is 34.5 Å². The van der Waals surface area contributed by atoms with Gasteiger partial charge in [0.2, 0.25) is 21.8 Å². The Labute approximate surface area is 241 Å². The fraction of sp³-hybridized carbons (Fsp3) is 0.385. The summed E-state index contributed by atoms with van der Waals surface area (Å²) in [6.07, 6.45) is -2.52. The third-order valence-corrected chi connectivity index (χ3v) is 9.02. The number of hydrogen-bond donors (Lipinski definition) is 5. The van der Waals surface area contributed by atoms with Crippen molar-refractivity contribution in [1.82, 2.24) is 15.4 Å². The number of carbonyl (C=O) groups is 2. The zero-order chi connectivity index (χ0) is 28.7. The second-order valence-corrected chi connectivity index (χ2v) is 13.2. The van der Waals surface area contributed by atoms with Gasteiger partial charge in [0.05, 0.1) is 23.7 Å². The van der Waals surface area contributed by atoms with E-state index in [-0.39, 0.29) is 39.7 Å². The molecule has 1 heterocycles. The van der Waals surface area contributed by atoms with Crippen molar-refractivity contribution in [3.05, 3.63) is 63.5 Å². The molecule has 9 nitrogen and oxygen atoms in total. The smallest absolute Gasteiger partial charge is 0.242 e. The summed E-state index contributed by atoms with van der Waals surface area (Å²) in [5, 5.41) is 27.1. The van der Waals surface area contributed by atoms with Crippen molar-refractivity contribution in [2.75, 3.05) is 13.1 Å². The molecule has 3 atom stereocenters. The number of fused-ring (bicyclic) bond motifs is 1. The Morgan fingerprint density at radius 1 is 1.00 bits per heavy atom. The molecule has 2 amide bonds. The van der Waals surface area contributed by atoms with Gasteiger partial charge in [0.25, 0.3) is 0 Å². The van der Waals surface area contributed by atoms with E-state index in [2.05, 4.69) is 15.4 Å². The van der Waals surface area contributed by atoms with Crippen LogP contribution in [-0.2, 0) is 26.0 Å². The number of aliphatic hydroxyl groups excluding tert-OH is 2. The fourth-order valence-electron chi connectivity index (χ4n) is 3.80. The van der Waals surface area contributed by atoms with E-state index in [1.807, 2.05) is 44.2 Å². The lowest BCUT2D eigenvalue weighted by molar-refractivity contribution is -0.129. The Morgan fingerprint density at radius 3 is 2.36 bits per heavy atom. The van der Waals surface area contributed by atoms with Crippen LogP contribution in [0.4, 0.5) is 0 Å². The van der Waals surface area contributed by atoms with E-state index >= 15 is 0 Å². The molecule has 3 rings (SSSR count). The van der Waals surface area contributed by atoms with Crippen LogP contribution in [-0.4, -0.2) is 61.8 Å². The number of hydrogen-bond acceptors (Lipinski definition) is 7. The van der Waals surface area contributed by atoms with E-state index < -0.39 is 40.7 Å². The molecule has 0 unspecified atom stereocenters. The average molecular weight is 617 g/mol. The van der Waals surface area contributed by atoms with E-state index in [1.165, 1.54) is 29.5 Å². The first kappa shape index (κ1) is 31.3. The van der Waals surface area contributed by atoms with Gasteiger partial charge in [-0.05, 0) is 48.1 Å². The van der Waals surface area contributed by atoms with Gasteiger partial charge in [0, 0.05) is 27.7 Å². The molecule has 0 radical (unpaired) electrons. The van der Waals surface area contributed by atoms with Crippen molar-refractivity contribution in [2.24, 2.45) is 5.92 Å². The average Bonchev–Trinajstić information content (AvgIpc) is 3.26. The van der Waals surface area contributed by atoms with Crippen molar-refractivity contribution < 1.29 is 28.2 Å². The second-order valence-electron chi connectivity index (χ2n) is 9.48. The Bertz CT molecular complexity index is 1380. The van der Waals surface area contributed by atoms with Crippen LogP contribution in [0.25, 0.3) is 10.1 Å². The van der Waals surface area contributed by atoms with Gasteiger partial charge < -0.3 is 20.8 Å². The number of sulfonamides is 1. The summed E-state index contributed by atoms with van der Waals surface area (Å²) in [5.41, 5.74) is 0. The molecule has 0 aliphatic rings. The van der Waals surface area contributed by atoms with Crippen molar-refractivity contribution in [2.45, 2.75) is 49.8 Å². The Balaban J connectivity index is 1.52. The van der Waals surface area contributed by atoms with Crippen molar-refractivity contribution >= 4 is 66.5 Å². The van der Waals surface area contributed by atoms with Crippen LogP contribution in [0.2, 0.25) is 10.0 Å². The van der Waals surface area contributed by atoms with Crippen LogP contribution < -0.4 is 15.4 Å². The Morgan fingerprint density at radius 2 is 1.69 bits per heavy atom. The van der Waals surface area contributed by atoms with Crippen molar-refractivity contribution in [1.29, 1.82) is 0 Å². The van der Waals surface area contributed by atoms with Gasteiger partial charge in [-0.3, -0.25) is 9.59 Å². The van der Waals surface area contributed by atoms with Gasteiger partial charge in [-0.1, -0.05) is 55.2 Å². The highest BCUT2D eigenvalue weighted by atomic mass is 35.5. The quantitative estimate of drug-likeness (QED) is 0.200. The fourth-order valence-corrected chi connectivity index (χ4v) is 6.68. The summed E-state index contributed by atoms with van der Waals surface area (Å²) >= 11 is 13.3. The number of thiophene rings is 1.